The van der Waals surface area contributed by atoms with Gasteiger partial charge < -0.3 is 10.4 Å². The summed E-state index contributed by atoms with van der Waals surface area (Å²) in [5, 5.41) is 18.4. The number of aryl methyl sites for hydroxylation is 1. The number of anilines is 1. The third-order valence-electron chi connectivity index (χ3n) is 2.59. The van der Waals surface area contributed by atoms with Crippen molar-refractivity contribution in [2.24, 2.45) is 0 Å². The molecule has 2 aromatic rings. The van der Waals surface area contributed by atoms with Gasteiger partial charge in [0.05, 0.1) is 18.4 Å². The number of aliphatic hydroxyl groups is 1. The second-order valence-electron chi connectivity index (χ2n) is 4.12. The molecule has 0 radical (unpaired) electrons. The van der Waals surface area contributed by atoms with E-state index < -0.39 is 5.82 Å². The standard InChI is InChI=1S/C14H13FN4O2/c15-12-10-11(2-1-9-20)3-4-13(12)17-14(21)5-7-19-8-6-16-18-19/h3-4,6,8,10,20H,5,7,9H2,(H,17,21). The molecule has 0 saturated heterocycles. The number of carbonyl (C=O) groups excluding carboxylic acids is 1. The normalized spacial score (nSPS) is 9.81. The molecule has 2 rings (SSSR count). The highest BCUT2D eigenvalue weighted by molar-refractivity contribution is 5.90. The van der Waals surface area contributed by atoms with Crippen LogP contribution in [0.5, 0.6) is 0 Å². The molecule has 2 N–H and O–H groups in total. The van der Waals surface area contributed by atoms with Gasteiger partial charge in [-0.2, -0.15) is 0 Å². The smallest absolute Gasteiger partial charge is 0.226 e. The van der Waals surface area contributed by atoms with E-state index in [4.69, 9.17) is 5.11 Å². The van der Waals surface area contributed by atoms with E-state index in [0.717, 1.165) is 0 Å². The fourth-order valence-corrected chi connectivity index (χ4v) is 1.62. The van der Waals surface area contributed by atoms with E-state index in [1.807, 2.05) is 0 Å². The number of benzene rings is 1. The topological polar surface area (TPSA) is 80.0 Å². The van der Waals surface area contributed by atoms with Crippen LogP contribution >= 0.6 is 0 Å². The van der Waals surface area contributed by atoms with Crippen LogP contribution in [0.25, 0.3) is 0 Å². The van der Waals surface area contributed by atoms with Crippen LogP contribution in [-0.4, -0.2) is 32.6 Å². The number of hydrogen-bond acceptors (Lipinski definition) is 4. The predicted octanol–water partition coefficient (Wildman–Crippen LogP) is 0.790. The van der Waals surface area contributed by atoms with Gasteiger partial charge in [-0.15, -0.1) is 5.10 Å². The Bertz CT molecular complexity index is 674. The zero-order chi connectivity index (χ0) is 15.1. The van der Waals surface area contributed by atoms with Gasteiger partial charge >= 0.3 is 0 Å². The molecule has 21 heavy (non-hydrogen) atoms. The van der Waals surface area contributed by atoms with Gasteiger partial charge in [0.25, 0.3) is 0 Å². The number of nitrogens with one attached hydrogen (secondary N) is 1. The lowest BCUT2D eigenvalue weighted by Gasteiger charge is -2.06. The molecule has 6 nitrogen and oxygen atoms in total. The van der Waals surface area contributed by atoms with Crippen LogP contribution in [-0.2, 0) is 11.3 Å². The number of aliphatic hydroxyl groups excluding tert-OH is 1. The van der Waals surface area contributed by atoms with E-state index in [9.17, 15) is 9.18 Å². The van der Waals surface area contributed by atoms with Crippen LogP contribution in [0.3, 0.4) is 0 Å². The number of hydrogen-bond donors (Lipinski definition) is 2. The number of rotatable bonds is 4. The highest BCUT2D eigenvalue weighted by Crippen LogP contribution is 2.15. The van der Waals surface area contributed by atoms with E-state index in [0.29, 0.717) is 12.1 Å². The summed E-state index contributed by atoms with van der Waals surface area (Å²) in [6.07, 6.45) is 3.32. The van der Waals surface area contributed by atoms with Gasteiger partial charge in [0.2, 0.25) is 5.91 Å². The third kappa shape index (κ3) is 4.40. The number of aromatic nitrogens is 3. The zero-order valence-electron chi connectivity index (χ0n) is 11.1. The molecule has 0 aliphatic carbocycles. The fraction of sp³-hybridized carbons (Fsp3) is 0.214. The molecule has 1 aromatic heterocycles. The lowest BCUT2D eigenvalue weighted by molar-refractivity contribution is -0.116. The summed E-state index contributed by atoms with van der Waals surface area (Å²) < 4.78 is 15.3. The minimum atomic E-state index is -0.575. The first kappa shape index (κ1) is 14.7. The van der Waals surface area contributed by atoms with E-state index in [1.165, 1.54) is 23.0 Å². The molecule has 0 fully saturated rings. The van der Waals surface area contributed by atoms with E-state index in [1.54, 1.807) is 12.3 Å². The van der Waals surface area contributed by atoms with Crippen molar-refractivity contribution < 1.29 is 14.3 Å². The van der Waals surface area contributed by atoms with E-state index in [-0.39, 0.29) is 24.6 Å². The van der Waals surface area contributed by atoms with Gasteiger partial charge in [0, 0.05) is 18.2 Å². The maximum Gasteiger partial charge on any atom is 0.226 e. The summed E-state index contributed by atoms with van der Waals surface area (Å²) in [6, 6.07) is 4.21. The maximum atomic E-state index is 13.8. The molecular weight excluding hydrogens is 275 g/mol. The number of carbonyl (C=O) groups is 1. The fourth-order valence-electron chi connectivity index (χ4n) is 1.62. The van der Waals surface area contributed by atoms with Crippen molar-refractivity contribution in [3.05, 3.63) is 42.0 Å². The minimum Gasteiger partial charge on any atom is -0.384 e. The van der Waals surface area contributed by atoms with Crippen molar-refractivity contribution in [2.75, 3.05) is 11.9 Å². The van der Waals surface area contributed by atoms with Crippen molar-refractivity contribution in [3.63, 3.8) is 0 Å². The molecule has 1 aromatic carbocycles. The Kier molecular flexibility index (Phi) is 5.01. The van der Waals surface area contributed by atoms with Crippen molar-refractivity contribution in [1.82, 2.24) is 15.0 Å². The number of amides is 1. The van der Waals surface area contributed by atoms with Gasteiger partial charge in [-0.3, -0.25) is 9.48 Å². The van der Waals surface area contributed by atoms with Crippen molar-refractivity contribution in [1.29, 1.82) is 0 Å². The summed E-state index contributed by atoms with van der Waals surface area (Å²) in [5.74, 6) is 4.12. The Morgan fingerprint density at radius 3 is 3.00 bits per heavy atom. The van der Waals surface area contributed by atoms with Gasteiger partial charge in [-0.05, 0) is 18.2 Å². The highest BCUT2D eigenvalue weighted by Gasteiger charge is 2.08. The third-order valence-corrected chi connectivity index (χ3v) is 2.59. The number of halogens is 1. The van der Waals surface area contributed by atoms with Crippen LogP contribution in [0.1, 0.15) is 12.0 Å². The van der Waals surface area contributed by atoms with Crippen molar-refractivity contribution >= 4 is 11.6 Å². The average molecular weight is 288 g/mol. The summed E-state index contributed by atoms with van der Waals surface area (Å²) in [5.41, 5.74) is 0.523. The molecule has 7 heteroatoms. The molecule has 0 spiro atoms. The summed E-state index contributed by atoms with van der Waals surface area (Å²) in [4.78, 5) is 11.7. The SMILES string of the molecule is O=C(CCn1ccnn1)Nc1ccc(C#CCO)cc1F. The molecule has 0 aliphatic heterocycles. The molecule has 108 valence electrons. The summed E-state index contributed by atoms with van der Waals surface area (Å²) >= 11 is 0. The molecule has 0 saturated carbocycles. The van der Waals surface area contributed by atoms with Crippen LogP contribution in [0.2, 0.25) is 0 Å². The monoisotopic (exact) mass is 288 g/mol. The molecule has 0 aliphatic rings. The first-order valence-corrected chi connectivity index (χ1v) is 6.22. The van der Waals surface area contributed by atoms with Gasteiger partial charge in [0.15, 0.2) is 0 Å². The second-order valence-corrected chi connectivity index (χ2v) is 4.12. The largest absolute Gasteiger partial charge is 0.384 e. The minimum absolute atomic E-state index is 0.0909. The average Bonchev–Trinajstić information content (AvgIpc) is 2.99. The van der Waals surface area contributed by atoms with Gasteiger partial charge in [0.1, 0.15) is 12.4 Å². The van der Waals surface area contributed by atoms with E-state index >= 15 is 0 Å². The molecule has 0 bridgehead atoms. The summed E-state index contributed by atoms with van der Waals surface area (Å²) in [6.45, 7) is 0.0793. The molecule has 0 unspecified atom stereocenters. The Labute approximate surface area is 120 Å². The first-order valence-electron chi connectivity index (χ1n) is 6.22. The van der Waals surface area contributed by atoms with Crippen LogP contribution in [0.4, 0.5) is 10.1 Å². The Morgan fingerprint density at radius 2 is 2.33 bits per heavy atom. The van der Waals surface area contributed by atoms with E-state index in [2.05, 4.69) is 27.5 Å². The molecular formula is C14H13FN4O2. The maximum absolute atomic E-state index is 13.8. The Morgan fingerprint density at radius 1 is 1.48 bits per heavy atom. The summed E-state index contributed by atoms with van der Waals surface area (Å²) in [7, 11) is 0. The Hall–Kier alpha value is -2.72. The van der Waals surface area contributed by atoms with Crippen molar-refractivity contribution in [2.45, 2.75) is 13.0 Å². The number of nitrogens with zero attached hydrogens (tertiary/aromatic N) is 3. The molecule has 0 atom stereocenters. The lowest BCUT2D eigenvalue weighted by Crippen LogP contribution is -2.15. The van der Waals surface area contributed by atoms with Crippen LogP contribution in [0.15, 0.2) is 30.6 Å². The predicted molar refractivity (Wildman–Crippen MR) is 73.6 cm³/mol. The van der Waals surface area contributed by atoms with Gasteiger partial charge in [-0.1, -0.05) is 17.1 Å². The quantitative estimate of drug-likeness (QED) is 0.815. The van der Waals surface area contributed by atoms with Crippen LogP contribution < -0.4 is 5.32 Å². The Balaban J connectivity index is 1.94. The van der Waals surface area contributed by atoms with Gasteiger partial charge in [-0.25, -0.2) is 4.39 Å². The highest BCUT2D eigenvalue weighted by atomic mass is 19.1. The molecule has 1 heterocycles. The lowest BCUT2D eigenvalue weighted by atomic mass is 10.2. The zero-order valence-corrected chi connectivity index (χ0v) is 11.1. The second kappa shape index (κ2) is 7.17. The van der Waals surface area contributed by atoms with Crippen molar-refractivity contribution in [3.8, 4) is 11.8 Å². The molecule has 1 amide bonds. The first-order chi connectivity index (χ1) is 10.2. The van der Waals surface area contributed by atoms with Crippen LogP contribution in [0, 0.1) is 17.7 Å².